The van der Waals surface area contributed by atoms with Crippen LogP contribution in [0.2, 0.25) is 0 Å². The molecule has 5 heteroatoms. The minimum Gasteiger partial charge on any atom is -0.315 e. The van der Waals surface area contributed by atoms with Crippen molar-refractivity contribution in [3.8, 4) is 0 Å². The Hall–Kier alpha value is -0.290. The van der Waals surface area contributed by atoms with E-state index >= 15 is 0 Å². The fourth-order valence-electron chi connectivity index (χ4n) is 2.03. The molecule has 96 valence electrons. The molecule has 0 aliphatic heterocycles. The molecule has 0 radical (unpaired) electrons. The van der Waals surface area contributed by atoms with Gasteiger partial charge in [-0.2, -0.15) is 13.2 Å². The Balaban J connectivity index is 1.81. The van der Waals surface area contributed by atoms with Crippen LogP contribution in [-0.4, -0.2) is 31.9 Å². The van der Waals surface area contributed by atoms with Gasteiger partial charge in [-0.1, -0.05) is 12.8 Å². The minimum atomic E-state index is -4.01. The van der Waals surface area contributed by atoms with Gasteiger partial charge in [0.05, 0.1) is 0 Å². The summed E-state index contributed by atoms with van der Waals surface area (Å²) >= 11 is 0. The largest absolute Gasteiger partial charge is 0.389 e. The average molecular weight is 238 g/mol. The Bertz CT molecular complexity index is 177. The Labute approximate surface area is 95.0 Å². The Morgan fingerprint density at radius 2 is 1.69 bits per heavy atom. The third kappa shape index (κ3) is 7.06. The summed E-state index contributed by atoms with van der Waals surface area (Å²) in [7, 11) is 0. The molecule has 0 saturated heterocycles. The third-order valence-corrected chi connectivity index (χ3v) is 2.90. The zero-order valence-corrected chi connectivity index (χ0v) is 9.58. The van der Waals surface area contributed by atoms with E-state index in [1.54, 1.807) is 0 Å². The second-order valence-electron chi connectivity index (χ2n) is 4.40. The van der Waals surface area contributed by atoms with Gasteiger partial charge in [0.15, 0.2) is 0 Å². The summed E-state index contributed by atoms with van der Waals surface area (Å²) in [5.74, 6) is 0. The van der Waals surface area contributed by atoms with Gasteiger partial charge in [0.1, 0.15) is 0 Å². The van der Waals surface area contributed by atoms with Crippen LogP contribution in [0.4, 0.5) is 13.2 Å². The molecule has 0 amide bonds. The van der Waals surface area contributed by atoms with Crippen molar-refractivity contribution in [2.45, 2.75) is 50.7 Å². The van der Waals surface area contributed by atoms with E-state index in [0.717, 1.165) is 13.1 Å². The monoisotopic (exact) mass is 238 g/mol. The van der Waals surface area contributed by atoms with Crippen LogP contribution in [-0.2, 0) is 0 Å². The Kier molecular flexibility index (Phi) is 6.13. The first-order valence-corrected chi connectivity index (χ1v) is 6.09. The van der Waals surface area contributed by atoms with E-state index in [9.17, 15) is 13.2 Å². The number of rotatable bonds is 7. The molecule has 0 aromatic carbocycles. The van der Waals surface area contributed by atoms with Gasteiger partial charge in [0.2, 0.25) is 0 Å². The summed E-state index contributed by atoms with van der Waals surface area (Å²) in [5.41, 5.74) is 0. The van der Waals surface area contributed by atoms with Crippen molar-refractivity contribution in [1.29, 1.82) is 0 Å². The topological polar surface area (TPSA) is 24.1 Å². The Morgan fingerprint density at radius 3 is 2.31 bits per heavy atom. The number of alkyl halides is 3. The lowest BCUT2D eigenvalue weighted by molar-refractivity contribution is -0.135. The predicted octanol–water partition coefficient (Wildman–Crippen LogP) is 2.45. The number of hydrogen-bond acceptors (Lipinski definition) is 2. The second-order valence-corrected chi connectivity index (χ2v) is 4.40. The van der Waals surface area contributed by atoms with Crippen LogP contribution in [0.15, 0.2) is 0 Å². The van der Waals surface area contributed by atoms with Crippen molar-refractivity contribution in [2.24, 2.45) is 0 Å². The smallest absolute Gasteiger partial charge is 0.315 e. The van der Waals surface area contributed by atoms with Gasteiger partial charge in [-0.05, 0) is 25.8 Å². The highest BCUT2D eigenvalue weighted by Crippen LogP contribution is 2.20. The van der Waals surface area contributed by atoms with E-state index < -0.39 is 12.6 Å². The van der Waals surface area contributed by atoms with Gasteiger partial charge in [-0.15, -0.1) is 0 Å². The van der Waals surface area contributed by atoms with Crippen molar-refractivity contribution >= 4 is 0 Å². The summed E-state index contributed by atoms with van der Waals surface area (Å²) < 4.78 is 35.4. The highest BCUT2D eigenvalue weighted by molar-refractivity contribution is 4.73. The predicted molar refractivity (Wildman–Crippen MR) is 58.4 cm³/mol. The van der Waals surface area contributed by atoms with E-state index in [4.69, 9.17) is 0 Å². The lowest BCUT2D eigenvalue weighted by Gasteiger charge is -2.12. The van der Waals surface area contributed by atoms with Gasteiger partial charge in [-0.25, -0.2) is 0 Å². The van der Waals surface area contributed by atoms with Crippen molar-refractivity contribution in [3.63, 3.8) is 0 Å². The maximum atomic E-state index is 11.8. The summed E-state index contributed by atoms with van der Waals surface area (Å²) in [5, 5.41) is 6.42. The molecule has 0 heterocycles. The van der Waals surface area contributed by atoms with Crippen LogP contribution in [0.25, 0.3) is 0 Å². The first-order chi connectivity index (χ1) is 7.58. The summed E-state index contributed by atoms with van der Waals surface area (Å²) in [6.07, 6.45) is 0.572. The summed E-state index contributed by atoms with van der Waals surface area (Å²) in [6.45, 7) is 2.07. The van der Waals surface area contributed by atoms with E-state index in [1.165, 1.54) is 25.7 Å². The Morgan fingerprint density at radius 1 is 1.00 bits per heavy atom. The van der Waals surface area contributed by atoms with Gasteiger partial charge in [0, 0.05) is 25.6 Å². The zero-order chi connectivity index (χ0) is 11.9. The standard InChI is InChI=1S/C11H21F3N2/c12-11(13,14)6-3-7-15-8-9-16-10-4-1-2-5-10/h10,15-16H,1-9H2. The molecule has 1 saturated carbocycles. The molecule has 0 bridgehead atoms. The second kappa shape index (κ2) is 7.12. The molecule has 0 spiro atoms. The first kappa shape index (κ1) is 13.8. The highest BCUT2D eigenvalue weighted by Gasteiger charge is 2.25. The number of nitrogens with one attached hydrogen (secondary N) is 2. The summed E-state index contributed by atoms with van der Waals surface area (Å²) in [6, 6.07) is 0.636. The highest BCUT2D eigenvalue weighted by atomic mass is 19.4. The normalized spacial score (nSPS) is 18.2. The maximum absolute atomic E-state index is 11.8. The molecular weight excluding hydrogens is 217 g/mol. The number of halogens is 3. The molecule has 0 atom stereocenters. The maximum Gasteiger partial charge on any atom is 0.389 e. The van der Waals surface area contributed by atoms with Crippen LogP contribution in [0, 0.1) is 0 Å². The van der Waals surface area contributed by atoms with Crippen molar-refractivity contribution in [3.05, 3.63) is 0 Å². The molecule has 2 N–H and O–H groups in total. The molecule has 1 aliphatic rings. The lowest BCUT2D eigenvalue weighted by atomic mass is 10.2. The van der Waals surface area contributed by atoms with Crippen LogP contribution in [0.1, 0.15) is 38.5 Å². The van der Waals surface area contributed by atoms with Crippen LogP contribution in [0.5, 0.6) is 0 Å². The fraction of sp³-hybridized carbons (Fsp3) is 1.00. The number of hydrogen-bond donors (Lipinski definition) is 2. The van der Waals surface area contributed by atoms with E-state index in [0.29, 0.717) is 12.6 Å². The van der Waals surface area contributed by atoms with Crippen molar-refractivity contribution in [1.82, 2.24) is 10.6 Å². The quantitative estimate of drug-likeness (QED) is 0.666. The van der Waals surface area contributed by atoms with E-state index in [1.807, 2.05) is 0 Å². The molecule has 0 aromatic heterocycles. The molecule has 1 fully saturated rings. The van der Waals surface area contributed by atoms with E-state index in [-0.39, 0.29) is 6.42 Å². The van der Waals surface area contributed by atoms with Crippen LogP contribution < -0.4 is 10.6 Å². The average Bonchev–Trinajstić information content (AvgIpc) is 2.67. The minimum absolute atomic E-state index is 0.174. The third-order valence-electron chi connectivity index (χ3n) is 2.90. The van der Waals surface area contributed by atoms with Gasteiger partial charge < -0.3 is 10.6 Å². The van der Waals surface area contributed by atoms with Gasteiger partial charge >= 0.3 is 6.18 Å². The fourth-order valence-corrected chi connectivity index (χ4v) is 2.03. The SMILES string of the molecule is FC(F)(F)CCCNCCNC1CCCC1. The molecule has 2 nitrogen and oxygen atoms in total. The molecule has 1 rings (SSSR count). The van der Waals surface area contributed by atoms with E-state index in [2.05, 4.69) is 10.6 Å². The van der Waals surface area contributed by atoms with Crippen LogP contribution >= 0.6 is 0 Å². The molecule has 0 aromatic rings. The molecule has 1 aliphatic carbocycles. The lowest BCUT2D eigenvalue weighted by Crippen LogP contribution is -2.33. The molecule has 16 heavy (non-hydrogen) atoms. The first-order valence-electron chi connectivity index (χ1n) is 6.09. The van der Waals surface area contributed by atoms with Gasteiger partial charge in [-0.3, -0.25) is 0 Å². The molecule has 0 unspecified atom stereocenters. The van der Waals surface area contributed by atoms with Crippen LogP contribution in [0.3, 0.4) is 0 Å². The van der Waals surface area contributed by atoms with Crippen molar-refractivity contribution < 1.29 is 13.2 Å². The molecular formula is C11H21F3N2. The van der Waals surface area contributed by atoms with Crippen molar-refractivity contribution in [2.75, 3.05) is 19.6 Å². The zero-order valence-electron chi connectivity index (χ0n) is 9.58. The summed E-state index contributed by atoms with van der Waals surface area (Å²) in [4.78, 5) is 0. The van der Waals surface area contributed by atoms with Gasteiger partial charge in [0.25, 0.3) is 0 Å².